The van der Waals surface area contributed by atoms with Crippen LogP contribution in [0, 0.1) is 10.1 Å². The number of methoxy groups -OCH3 is 1. The average molecular weight is 288 g/mol. The van der Waals surface area contributed by atoms with Crippen LogP contribution in [0.4, 0.5) is 5.69 Å². The monoisotopic (exact) mass is 288 g/mol. The quantitative estimate of drug-likeness (QED) is 0.563. The van der Waals surface area contributed by atoms with E-state index in [1.165, 1.54) is 7.11 Å². The fraction of sp³-hybridized carbons (Fsp3) is 0.0909. The number of rotatable bonds is 4. The lowest BCUT2D eigenvalue weighted by atomic mass is 10.3. The first-order chi connectivity index (χ1) is 10.2. The third kappa shape index (κ3) is 2.18. The number of nitro groups is 1. The molecule has 0 amide bonds. The van der Waals surface area contributed by atoms with E-state index in [1.807, 2.05) is 0 Å². The van der Waals surface area contributed by atoms with E-state index in [2.05, 4.69) is 25.4 Å². The van der Waals surface area contributed by atoms with Crippen LogP contribution in [0.3, 0.4) is 0 Å². The molecule has 21 heavy (non-hydrogen) atoms. The first kappa shape index (κ1) is 12.7. The Balaban J connectivity index is 2.05. The number of hydrogen-bond donors (Lipinski definition) is 1. The molecule has 3 aromatic rings. The molecule has 0 bridgehead atoms. The minimum Gasteiger partial charge on any atom is -0.475 e. The van der Waals surface area contributed by atoms with Gasteiger partial charge in [0.2, 0.25) is 5.69 Å². The Morgan fingerprint density at radius 1 is 1.33 bits per heavy atom. The highest BCUT2D eigenvalue weighted by Gasteiger charge is 2.30. The molecule has 3 heterocycles. The zero-order chi connectivity index (χ0) is 14.8. The van der Waals surface area contributed by atoms with Crippen molar-refractivity contribution in [3.8, 4) is 29.0 Å². The van der Waals surface area contributed by atoms with Crippen molar-refractivity contribution < 1.29 is 14.1 Å². The molecule has 0 aliphatic carbocycles. The van der Waals surface area contributed by atoms with Gasteiger partial charge in [-0.15, -0.1) is 15.3 Å². The third-order valence-electron chi connectivity index (χ3n) is 2.61. The van der Waals surface area contributed by atoms with E-state index >= 15 is 0 Å². The molecule has 106 valence electrons. The molecular weight excluding hydrogens is 280 g/mol. The van der Waals surface area contributed by atoms with Gasteiger partial charge in [-0.1, -0.05) is 6.07 Å². The molecule has 10 nitrogen and oxygen atoms in total. The summed E-state index contributed by atoms with van der Waals surface area (Å²) in [5.41, 5.74) is 0.0747. The predicted molar refractivity (Wildman–Crippen MR) is 68.3 cm³/mol. The van der Waals surface area contributed by atoms with E-state index in [-0.39, 0.29) is 29.0 Å². The summed E-state index contributed by atoms with van der Waals surface area (Å²) in [6.07, 6.45) is 1.57. The predicted octanol–water partition coefficient (Wildman–Crippen LogP) is 1.44. The summed E-state index contributed by atoms with van der Waals surface area (Å²) in [6, 6.07) is 5.18. The van der Waals surface area contributed by atoms with Crippen molar-refractivity contribution in [2.75, 3.05) is 7.11 Å². The summed E-state index contributed by atoms with van der Waals surface area (Å²) in [7, 11) is 1.28. The summed E-state index contributed by atoms with van der Waals surface area (Å²) in [5, 5.41) is 24.8. The Kier molecular flexibility index (Phi) is 3.03. The van der Waals surface area contributed by atoms with Gasteiger partial charge >= 0.3 is 11.6 Å². The second-order valence-electron chi connectivity index (χ2n) is 3.84. The first-order valence-corrected chi connectivity index (χ1v) is 5.72. The summed E-state index contributed by atoms with van der Waals surface area (Å²) in [6.45, 7) is 0. The second kappa shape index (κ2) is 5.00. The number of nitrogens with one attached hydrogen (secondary N) is 1. The van der Waals surface area contributed by atoms with E-state index in [0.717, 1.165) is 0 Å². The van der Waals surface area contributed by atoms with E-state index in [0.29, 0.717) is 5.69 Å². The Labute approximate surface area is 116 Å². The first-order valence-electron chi connectivity index (χ1n) is 5.72. The van der Waals surface area contributed by atoms with Crippen LogP contribution in [-0.4, -0.2) is 37.4 Å². The highest BCUT2D eigenvalue weighted by atomic mass is 16.6. The Morgan fingerprint density at radius 3 is 2.81 bits per heavy atom. The van der Waals surface area contributed by atoms with Crippen LogP contribution in [0.1, 0.15) is 0 Å². The number of H-pyrrole nitrogens is 1. The molecule has 0 aliphatic heterocycles. The molecule has 0 radical (unpaired) electrons. The molecule has 0 saturated carbocycles. The van der Waals surface area contributed by atoms with Crippen molar-refractivity contribution in [1.82, 2.24) is 25.4 Å². The summed E-state index contributed by atoms with van der Waals surface area (Å²) < 4.78 is 10.2. The lowest BCUT2D eigenvalue weighted by molar-refractivity contribution is -0.385. The summed E-state index contributed by atoms with van der Waals surface area (Å²) >= 11 is 0. The highest BCUT2D eigenvalue weighted by molar-refractivity contribution is 5.67. The molecule has 10 heteroatoms. The minimum atomic E-state index is -0.637. The van der Waals surface area contributed by atoms with Crippen molar-refractivity contribution in [2.24, 2.45) is 0 Å². The topological polar surface area (TPSA) is 133 Å². The molecule has 3 aromatic heterocycles. The van der Waals surface area contributed by atoms with E-state index in [4.69, 9.17) is 9.15 Å². The van der Waals surface area contributed by atoms with Crippen LogP contribution >= 0.6 is 0 Å². The molecule has 0 fully saturated rings. The smallest absolute Gasteiger partial charge is 0.362 e. The van der Waals surface area contributed by atoms with Gasteiger partial charge in [-0.2, -0.15) is 0 Å². The Bertz CT molecular complexity index is 781. The number of ether oxygens (including phenoxy) is 1. The largest absolute Gasteiger partial charge is 0.475 e. The standard InChI is InChI=1S/C11H8N6O4/c1-20-11-8(17(18)19)7(13-16-11)10-15-14-9(21-10)6-4-2-3-5-12-6/h2-5H,1H3,(H,13,16). The molecule has 0 aromatic carbocycles. The number of nitrogens with zero attached hydrogens (tertiary/aromatic N) is 5. The van der Waals surface area contributed by atoms with Gasteiger partial charge in [0.15, 0.2) is 0 Å². The van der Waals surface area contributed by atoms with E-state index in [9.17, 15) is 10.1 Å². The van der Waals surface area contributed by atoms with Crippen LogP contribution in [0.25, 0.3) is 23.2 Å². The van der Waals surface area contributed by atoms with Gasteiger partial charge in [-0.05, 0) is 12.1 Å². The SMILES string of the molecule is COc1n[nH]c(-c2nnc(-c3ccccn3)o2)c1[N+](=O)[O-]. The van der Waals surface area contributed by atoms with Gasteiger partial charge in [-0.25, -0.2) is 0 Å². The van der Waals surface area contributed by atoms with Crippen molar-refractivity contribution in [3.05, 3.63) is 34.5 Å². The Hall–Kier alpha value is -3.30. The molecule has 1 N–H and O–H groups in total. The molecule has 0 spiro atoms. The zero-order valence-corrected chi connectivity index (χ0v) is 10.7. The molecule has 0 saturated heterocycles. The van der Waals surface area contributed by atoms with Crippen molar-refractivity contribution in [1.29, 1.82) is 0 Å². The molecule has 3 rings (SSSR count). The van der Waals surface area contributed by atoms with Gasteiger partial charge in [-0.3, -0.25) is 20.2 Å². The van der Waals surface area contributed by atoms with Crippen molar-refractivity contribution >= 4 is 5.69 Å². The van der Waals surface area contributed by atoms with E-state index in [1.54, 1.807) is 24.4 Å². The van der Waals surface area contributed by atoms with Crippen LogP contribution in [0.2, 0.25) is 0 Å². The van der Waals surface area contributed by atoms with Crippen molar-refractivity contribution in [3.63, 3.8) is 0 Å². The summed E-state index contributed by atoms with van der Waals surface area (Å²) in [4.78, 5) is 14.5. The Morgan fingerprint density at radius 2 is 2.14 bits per heavy atom. The number of aromatic nitrogens is 5. The van der Waals surface area contributed by atoms with Crippen molar-refractivity contribution in [2.45, 2.75) is 0 Å². The van der Waals surface area contributed by atoms with Gasteiger partial charge in [0.25, 0.3) is 11.8 Å². The minimum absolute atomic E-state index is 0.0217. The maximum Gasteiger partial charge on any atom is 0.362 e. The van der Waals surface area contributed by atoms with Crippen LogP contribution < -0.4 is 4.74 Å². The molecule has 0 atom stereocenters. The fourth-order valence-corrected chi connectivity index (χ4v) is 1.70. The number of hydrogen-bond acceptors (Lipinski definition) is 8. The molecule has 0 aliphatic rings. The van der Waals surface area contributed by atoms with Gasteiger partial charge in [0, 0.05) is 6.20 Å². The maximum atomic E-state index is 11.1. The van der Waals surface area contributed by atoms with Crippen LogP contribution in [0.5, 0.6) is 5.88 Å². The van der Waals surface area contributed by atoms with E-state index < -0.39 is 4.92 Å². The maximum absolute atomic E-state index is 11.1. The normalized spacial score (nSPS) is 10.5. The average Bonchev–Trinajstić information content (AvgIpc) is 3.14. The van der Waals surface area contributed by atoms with Gasteiger partial charge < -0.3 is 9.15 Å². The highest BCUT2D eigenvalue weighted by Crippen LogP contribution is 2.35. The lowest BCUT2D eigenvalue weighted by Gasteiger charge is -1.93. The number of aromatic amines is 1. The fourth-order valence-electron chi connectivity index (χ4n) is 1.70. The molecule has 0 unspecified atom stereocenters. The second-order valence-corrected chi connectivity index (χ2v) is 3.84. The van der Waals surface area contributed by atoms with Gasteiger partial charge in [0.1, 0.15) is 5.69 Å². The van der Waals surface area contributed by atoms with Gasteiger partial charge in [0.05, 0.1) is 12.0 Å². The molecular formula is C11H8N6O4. The zero-order valence-electron chi connectivity index (χ0n) is 10.7. The summed E-state index contributed by atoms with van der Waals surface area (Å²) in [5.74, 6) is -0.0841. The van der Waals surface area contributed by atoms with Crippen LogP contribution in [0.15, 0.2) is 28.8 Å². The lowest BCUT2D eigenvalue weighted by Crippen LogP contribution is -1.93. The number of pyridine rings is 1. The third-order valence-corrected chi connectivity index (χ3v) is 2.61. The van der Waals surface area contributed by atoms with Crippen LogP contribution in [-0.2, 0) is 0 Å².